The predicted molar refractivity (Wildman–Crippen MR) is 149 cm³/mol. The topological polar surface area (TPSA) is 88.1 Å². The minimum Gasteiger partial charge on any atom is -0.389 e. The average Bonchev–Trinajstić information content (AvgIpc) is 3.25. The Balaban J connectivity index is 0.00000324. The molecule has 36 heavy (non-hydrogen) atoms. The van der Waals surface area contributed by atoms with Gasteiger partial charge in [0.2, 0.25) is 5.91 Å². The molecule has 2 aromatic carbocycles. The molecule has 0 saturated carbocycles. The van der Waals surface area contributed by atoms with Crippen LogP contribution in [0.3, 0.4) is 0 Å². The van der Waals surface area contributed by atoms with Gasteiger partial charge in [-0.3, -0.25) is 14.6 Å². The smallest absolute Gasteiger partial charge is 0.256 e. The first-order valence-corrected chi connectivity index (χ1v) is 11.9. The number of aliphatic hydroxyl groups is 1. The van der Waals surface area contributed by atoms with Gasteiger partial charge in [-0.05, 0) is 48.7 Å². The summed E-state index contributed by atoms with van der Waals surface area (Å²) in [6.45, 7) is 9.18. The number of carbonyl (C=O) groups is 2. The van der Waals surface area contributed by atoms with Gasteiger partial charge >= 0.3 is 0 Å². The molecule has 0 radical (unpaired) electrons. The monoisotopic (exact) mass is 539 g/mol. The molecule has 1 aliphatic heterocycles. The standard InChI is InChI=1S/C26H37N5O3.2ClH/c1-5-27-12-13-28-25(33)17-30(24-14-21(20(3)32)11-10-19(24)2)18-26(34)29(4)31-15-22-8-6-7-9-23(22)16-31;;/h6-11,14,20,27,32H,5,12-13,15-18H2,1-4H3,(H,28,33);2*1H. The zero-order valence-electron chi connectivity index (χ0n) is 21.5. The van der Waals surface area contributed by atoms with Gasteiger partial charge in [0, 0.05) is 38.9 Å². The van der Waals surface area contributed by atoms with Gasteiger partial charge in [0.1, 0.15) is 0 Å². The van der Waals surface area contributed by atoms with Crippen LogP contribution in [0, 0.1) is 6.92 Å². The average molecular weight is 541 g/mol. The summed E-state index contributed by atoms with van der Waals surface area (Å²) < 4.78 is 0. The first kappa shape index (κ1) is 31.7. The number of likely N-dealkylation sites (N-methyl/N-ethyl adjacent to an activating group) is 2. The lowest BCUT2D eigenvalue weighted by atomic mass is 10.1. The van der Waals surface area contributed by atoms with Crippen molar-refractivity contribution in [2.45, 2.75) is 40.0 Å². The van der Waals surface area contributed by atoms with Crippen molar-refractivity contribution < 1.29 is 14.7 Å². The van der Waals surface area contributed by atoms with Gasteiger partial charge in [-0.25, -0.2) is 5.01 Å². The number of nitrogens with one attached hydrogen (secondary N) is 2. The third-order valence-corrected chi connectivity index (χ3v) is 6.20. The van der Waals surface area contributed by atoms with Crippen LogP contribution < -0.4 is 15.5 Å². The number of carbonyl (C=O) groups excluding carboxylic acids is 2. The van der Waals surface area contributed by atoms with Crippen molar-refractivity contribution in [1.29, 1.82) is 0 Å². The van der Waals surface area contributed by atoms with Crippen LogP contribution in [-0.4, -0.2) is 66.7 Å². The lowest BCUT2D eigenvalue weighted by molar-refractivity contribution is -0.145. The molecule has 2 amide bonds. The van der Waals surface area contributed by atoms with E-state index in [9.17, 15) is 14.7 Å². The van der Waals surface area contributed by atoms with E-state index in [1.807, 2.05) is 49.2 Å². The number of nitrogens with zero attached hydrogens (tertiary/aromatic N) is 3. The van der Waals surface area contributed by atoms with Crippen molar-refractivity contribution in [1.82, 2.24) is 20.7 Å². The fraction of sp³-hybridized carbons (Fsp3) is 0.462. The molecule has 0 fully saturated rings. The number of hydrogen-bond donors (Lipinski definition) is 3. The van der Waals surface area contributed by atoms with E-state index in [2.05, 4.69) is 22.8 Å². The highest BCUT2D eigenvalue weighted by molar-refractivity contribution is 5.87. The van der Waals surface area contributed by atoms with Crippen LogP contribution in [0.15, 0.2) is 42.5 Å². The lowest BCUT2D eigenvalue weighted by Gasteiger charge is -2.32. The van der Waals surface area contributed by atoms with Crippen molar-refractivity contribution in [2.24, 2.45) is 0 Å². The summed E-state index contributed by atoms with van der Waals surface area (Å²) >= 11 is 0. The van der Waals surface area contributed by atoms with E-state index in [1.54, 1.807) is 23.9 Å². The van der Waals surface area contributed by atoms with E-state index in [0.29, 0.717) is 26.2 Å². The molecule has 0 bridgehead atoms. The molecule has 0 aromatic heterocycles. The molecule has 1 heterocycles. The molecule has 0 aliphatic carbocycles. The van der Waals surface area contributed by atoms with Gasteiger partial charge in [-0.2, -0.15) is 0 Å². The van der Waals surface area contributed by atoms with Crippen molar-refractivity contribution in [3.05, 3.63) is 64.7 Å². The van der Waals surface area contributed by atoms with Crippen LogP contribution in [0.25, 0.3) is 0 Å². The number of aryl methyl sites for hydroxylation is 1. The van der Waals surface area contributed by atoms with E-state index in [1.165, 1.54) is 11.1 Å². The Bertz CT molecular complexity index is 980. The molecule has 10 heteroatoms. The fourth-order valence-corrected chi connectivity index (χ4v) is 4.10. The molecule has 3 N–H and O–H groups in total. The Morgan fingerprint density at radius 2 is 1.69 bits per heavy atom. The van der Waals surface area contributed by atoms with Crippen molar-refractivity contribution >= 4 is 42.3 Å². The van der Waals surface area contributed by atoms with Gasteiger partial charge in [-0.15, -0.1) is 24.8 Å². The van der Waals surface area contributed by atoms with Crippen LogP contribution in [0.5, 0.6) is 0 Å². The zero-order valence-corrected chi connectivity index (χ0v) is 23.1. The van der Waals surface area contributed by atoms with E-state index in [-0.39, 0.29) is 49.7 Å². The Labute approximate surface area is 226 Å². The van der Waals surface area contributed by atoms with Crippen LogP contribution in [0.4, 0.5) is 5.69 Å². The summed E-state index contributed by atoms with van der Waals surface area (Å²) in [4.78, 5) is 27.8. The second kappa shape index (κ2) is 15.0. The third-order valence-electron chi connectivity index (χ3n) is 6.20. The van der Waals surface area contributed by atoms with E-state index in [0.717, 1.165) is 23.4 Å². The number of anilines is 1. The van der Waals surface area contributed by atoms with Crippen LogP contribution >= 0.6 is 24.8 Å². The molecular weight excluding hydrogens is 501 g/mol. The number of fused-ring (bicyclic) bond motifs is 1. The number of benzene rings is 2. The third kappa shape index (κ3) is 8.35. The Hall–Kier alpha value is -2.36. The fourth-order valence-electron chi connectivity index (χ4n) is 4.10. The molecule has 0 saturated heterocycles. The zero-order chi connectivity index (χ0) is 24.7. The van der Waals surface area contributed by atoms with Crippen molar-refractivity contribution in [3.8, 4) is 0 Å². The first-order chi connectivity index (χ1) is 16.3. The number of hydrogen-bond acceptors (Lipinski definition) is 6. The summed E-state index contributed by atoms with van der Waals surface area (Å²) in [5.41, 5.74) is 4.90. The maximum atomic E-state index is 13.3. The van der Waals surface area contributed by atoms with Gasteiger partial charge in [-0.1, -0.05) is 43.3 Å². The second-order valence-electron chi connectivity index (χ2n) is 8.79. The summed E-state index contributed by atoms with van der Waals surface area (Å²) in [6, 6.07) is 13.8. The molecular formula is C26H39Cl2N5O3. The van der Waals surface area contributed by atoms with Gasteiger partial charge in [0.15, 0.2) is 0 Å². The minimum absolute atomic E-state index is 0. The highest BCUT2D eigenvalue weighted by Crippen LogP contribution is 2.26. The van der Waals surface area contributed by atoms with Crippen LogP contribution in [0.1, 0.15) is 42.2 Å². The molecule has 200 valence electrons. The summed E-state index contributed by atoms with van der Waals surface area (Å²) in [5, 5.41) is 19.9. The number of amides is 2. The Morgan fingerprint density at radius 1 is 1.06 bits per heavy atom. The van der Waals surface area contributed by atoms with E-state index in [4.69, 9.17) is 0 Å². The Morgan fingerprint density at radius 3 is 2.28 bits per heavy atom. The summed E-state index contributed by atoms with van der Waals surface area (Å²) in [6.07, 6.45) is -0.642. The molecule has 1 unspecified atom stereocenters. The molecule has 3 rings (SSSR count). The van der Waals surface area contributed by atoms with E-state index < -0.39 is 6.10 Å². The molecule has 0 spiro atoms. The summed E-state index contributed by atoms with van der Waals surface area (Å²) in [7, 11) is 1.78. The van der Waals surface area contributed by atoms with Crippen LogP contribution in [-0.2, 0) is 22.7 Å². The Kier molecular flexibility index (Phi) is 13.2. The lowest BCUT2D eigenvalue weighted by Crippen LogP contribution is -2.48. The van der Waals surface area contributed by atoms with Gasteiger partial charge in [0.05, 0.1) is 19.2 Å². The first-order valence-electron chi connectivity index (χ1n) is 11.9. The number of hydrazine groups is 1. The maximum Gasteiger partial charge on any atom is 0.256 e. The van der Waals surface area contributed by atoms with E-state index >= 15 is 0 Å². The van der Waals surface area contributed by atoms with Crippen molar-refractivity contribution in [3.63, 3.8) is 0 Å². The number of rotatable bonds is 11. The number of halogens is 2. The quantitative estimate of drug-likeness (QED) is 0.380. The SMILES string of the molecule is CCNCCNC(=O)CN(CC(=O)N(C)N1Cc2ccccc2C1)c1cc(C(C)O)ccc1C.Cl.Cl. The minimum atomic E-state index is -0.642. The normalized spacial score (nSPS) is 13.1. The molecule has 2 aromatic rings. The highest BCUT2D eigenvalue weighted by atomic mass is 35.5. The van der Waals surface area contributed by atoms with Gasteiger partial charge < -0.3 is 20.6 Å². The predicted octanol–water partition coefficient (Wildman–Crippen LogP) is 2.81. The molecule has 1 aliphatic rings. The second-order valence-corrected chi connectivity index (χ2v) is 8.79. The van der Waals surface area contributed by atoms with Gasteiger partial charge in [0.25, 0.3) is 5.91 Å². The number of aliphatic hydroxyl groups excluding tert-OH is 1. The summed E-state index contributed by atoms with van der Waals surface area (Å²) in [5.74, 6) is -0.251. The van der Waals surface area contributed by atoms with Crippen LogP contribution in [0.2, 0.25) is 0 Å². The largest absolute Gasteiger partial charge is 0.389 e. The molecule has 1 atom stereocenters. The highest BCUT2D eigenvalue weighted by Gasteiger charge is 2.27. The molecule has 8 nitrogen and oxygen atoms in total. The maximum absolute atomic E-state index is 13.3. The van der Waals surface area contributed by atoms with Crippen molar-refractivity contribution in [2.75, 3.05) is 44.7 Å².